The summed E-state index contributed by atoms with van der Waals surface area (Å²) in [7, 11) is 0. The quantitative estimate of drug-likeness (QED) is 0.644. The maximum atomic E-state index is 13.3. The second-order valence-corrected chi connectivity index (χ2v) is 10.2. The molecule has 0 unspecified atom stereocenters. The van der Waals surface area contributed by atoms with Gasteiger partial charge in [0.2, 0.25) is 5.91 Å². The van der Waals surface area contributed by atoms with Crippen LogP contribution in [-0.2, 0) is 9.59 Å². The van der Waals surface area contributed by atoms with Crippen LogP contribution in [0.3, 0.4) is 0 Å². The van der Waals surface area contributed by atoms with E-state index in [0.717, 1.165) is 19.3 Å². The van der Waals surface area contributed by atoms with Crippen LogP contribution in [0.5, 0.6) is 0 Å². The molecule has 7 heteroatoms. The number of amides is 3. The van der Waals surface area contributed by atoms with Crippen molar-refractivity contribution in [2.75, 3.05) is 0 Å². The fourth-order valence-corrected chi connectivity index (χ4v) is 6.34. The lowest BCUT2D eigenvalue weighted by atomic mass is 9.49. The molecule has 5 rings (SSSR count). The van der Waals surface area contributed by atoms with Gasteiger partial charge in [-0.1, -0.05) is 13.8 Å². The summed E-state index contributed by atoms with van der Waals surface area (Å²) in [6.45, 7) is 7.26. The summed E-state index contributed by atoms with van der Waals surface area (Å²) >= 11 is 0. The molecule has 0 aliphatic heterocycles. The fraction of sp³-hybridized carbons (Fsp3) is 0.696. The van der Waals surface area contributed by atoms with Crippen molar-refractivity contribution < 1.29 is 18.8 Å². The van der Waals surface area contributed by atoms with E-state index in [1.54, 1.807) is 19.9 Å². The number of hydrogen-bond donors (Lipinski definition) is 3. The van der Waals surface area contributed by atoms with Gasteiger partial charge in [-0.2, -0.15) is 0 Å². The number of carbonyl (C=O) groups is 3. The van der Waals surface area contributed by atoms with Crippen LogP contribution in [0, 0.1) is 42.9 Å². The predicted molar refractivity (Wildman–Crippen MR) is 111 cm³/mol. The van der Waals surface area contributed by atoms with Crippen molar-refractivity contribution in [3.8, 4) is 0 Å². The van der Waals surface area contributed by atoms with E-state index in [2.05, 4.69) is 16.2 Å². The first-order chi connectivity index (χ1) is 14.2. The third-order valence-electron chi connectivity index (χ3n) is 7.34. The zero-order valence-corrected chi connectivity index (χ0v) is 18.3. The number of hydrogen-bond acceptors (Lipinski definition) is 4. The average Bonchev–Trinajstić information content (AvgIpc) is 3.00. The number of nitrogens with one attached hydrogen (secondary N) is 3. The maximum Gasteiger partial charge on any atom is 0.273 e. The lowest BCUT2D eigenvalue weighted by Gasteiger charge is -2.55. The summed E-state index contributed by atoms with van der Waals surface area (Å²) in [5, 5.41) is 3.03. The van der Waals surface area contributed by atoms with Crippen LogP contribution in [-0.4, -0.2) is 23.8 Å². The Balaban J connectivity index is 1.39. The molecule has 4 aliphatic carbocycles. The molecule has 4 aliphatic rings. The van der Waals surface area contributed by atoms with Crippen molar-refractivity contribution in [3.05, 3.63) is 23.2 Å². The largest absolute Gasteiger partial charge is 0.466 e. The maximum absolute atomic E-state index is 13.3. The number of hydrazine groups is 1. The van der Waals surface area contributed by atoms with Gasteiger partial charge in [-0.3, -0.25) is 25.2 Å². The lowest BCUT2D eigenvalue weighted by Crippen LogP contribution is -2.59. The SMILES string of the molecule is Cc1cc(C(=O)NNC(=O)[C@@H](NC(=O)C23CC4CC(CC(C4)C2)C3)C(C)C)c(C)o1. The Kier molecular flexibility index (Phi) is 5.41. The van der Waals surface area contributed by atoms with Gasteiger partial charge in [0.25, 0.3) is 11.8 Å². The van der Waals surface area contributed by atoms with Crippen molar-refractivity contribution in [1.82, 2.24) is 16.2 Å². The van der Waals surface area contributed by atoms with Crippen molar-refractivity contribution in [2.24, 2.45) is 29.1 Å². The molecule has 0 saturated heterocycles. The van der Waals surface area contributed by atoms with E-state index >= 15 is 0 Å². The zero-order chi connectivity index (χ0) is 21.6. The van der Waals surface area contributed by atoms with Crippen LogP contribution in [0.4, 0.5) is 0 Å². The number of furan rings is 1. The highest BCUT2D eigenvalue weighted by molar-refractivity contribution is 5.97. The summed E-state index contributed by atoms with van der Waals surface area (Å²) in [5.74, 6) is 2.18. The van der Waals surface area contributed by atoms with Crippen LogP contribution in [0.15, 0.2) is 10.5 Å². The predicted octanol–water partition coefficient (Wildman–Crippen LogP) is 3.01. The Morgan fingerprint density at radius 2 is 1.57 bits per heavy atom. The second kappa shape index (κ2) is 7.75. The zero-order valence-electron chi connectivity index (χ0n) is 18.3. The van der Waals surface area contributed by atoms with Crippen LogP contribution in [0.2, 0.25) is 0 Å². The van der Waals surface area contributed by atoms with Gasteiger partial charge in [0.05, 0.1) is 5.56 Å². The van der Waals surface area contributed by atoms with Crippen LogP contribution >= 0.6 is 0 Å². The molecule has 1 atom stereocenters. The molecule has 30 heavy (non-hydrogen) atoms. The summed E-state index contributed by atoms with van der Waals surface area (Å²) in [6, 6.07) is 0.934. The number of rotatable bonds is 5. The van der Waals surface area contributed by atoms with Crippen LogP contribution in [0.1, 0.15) is 74.3 Å². The molecule has 4 fully saturated rings. The first-order valence-corrected chi connectivity index (χ1v) is 11.1. The van der Waals surface area contributed by atoms with E-state index in [4.69, 9.17) is 4.42 Å². The third-order valence-corrected chi connectivity index (χ3v) is 7.34. The van der Waals surface area contributed by atoms with Gasteiger partial charge in [-0.15, -0.1) is 0 Å². The molecule has 0 spiro atoms. The Labute approximate surface area is 177 Å². The van der Waals surface area contributed by atoms with Crippen molar-refractivity contribution in [1.29, 1.82) is 0 Å². The molecular formula is C23H33N3O4. The van der Waals surface area contributed by atoms with Gasteiger partial charge in [0, 0.05) is 5.41 Å². The van der Waals surface area contributed by atoms with Crippen LogP contribution < -0.4 is 16.2 Å². The Morgan fingerprint density at radius 1 is 1.00 bits per heavy atom. The number of carbonyl (C=O) groups excluding carboxylic acids is 3. The lowest BCUT2D eigenvalue weighted by molar-refractivity contribution is -0.149. The van der Waals surface area contributed by atoms with Gasteiger partial charge in [-0.05, 0) is 82.1 Å². The standard InChI is InChI=1S/C23H33N3O4/c1-12(2)19(21(28)26-25-20(27)18-5-13(3)30-14(18)4)24-22(29)23-9-15-6-16(10-23)8-17(7-15)11-23/h5,12,15-17,19H,6-11H2,1-4H3,(H,24,29)(H,25,27)(H,26,28)/t15?,16?,17?,19-,23?/m0/s1. The minimum Gasteiger partial charge on any atom is -0.466 e. The molecule has 4 bridgehead atoms. The molecule has 1 aromatic rings. The number of aryl methyl sites for hydroxylation is 2. The van der Waals surface area contributed by atoms with Gasteiger partial charge in [0.1, 0.15) is 17.6 Å². The molecule has 1 heterocycles. The van der Waals surface area contributed by atoms with E-state index in [-0.39, 0.29) is 17.2 Å². The second-order valence-electron chi connectivity index (χ2n) is 10.2. The molecule has 3 N–H and O–H groups in total. The topological polar surface area (TPSA) is 100 Å². The normalized spacial score (nSPS) is 30.2. The monoisotopic (exact) mass is 415 g/mol. The van der Waals surface area contributed by atoms with Gasteiger partial charge in [0.15, 0.2) is 0 Å². The van der Waals surface area contributed by atoms with Gasteiger partial charge >= 0.3 is 0 Å². The Bertz CT molecular complexity index is 821. The average molecular weight is 416 g/mol. The van der Waals surface area contributed by atoms with Crippen molar-refractivity contribution >= 4 is 17.7 Å². The first-order valence-electron chi connectivity index (χ1n) is 11.1. The molecule has 3 amide bonds. The fourth-order valence-electron chi connectivity index (χ4n) is 6.34. The Hall–Kier alpha value is -2.31. The first kappa shape index (κ1) is 20.9. The van der Waals surface area contributed by atoms with Crippen LogP contribution in [0.25, 0.3) is 0 Å². The molecule has 7 nitrogen and oxygen atoms in total. The third kappa shape index (κ3) is 3.86. The molecule has 4 saturated carbocycles. The van der Waals surface area contributed by atoms with Gasteiger partial charge in [-0.25, -0.2) is 0 Å². The van der Waals surface area contributed by atoms with E-state index in [9.17, 15) is 14.4 Å². The summed E-state index contributed by atoms with van der Waals surface area (Å²) < 4.78 is 5.37. The highest BCUT2D eigenvalue weighted by atomic mass is 16.3. The molecular weight excluding hydrogens is 382 g/mol. The minimum atomic E-state index is -0.696. The van der Waals surface area contributed by atoms with Crippen molar-refractivity contribution in [2.45, 2.75) is 72.3 Å². The Morgan fingerprint density at radius 3 is 2.03 bits per heavy atom. The highest BCUT2D eigenvalue weighted by Gasteiger charge is 2.55. The minimum absolute atomic E-state index is 0.0167. The molecule has 0 aromatic carbocycles. The molecule has 0 radical (unpaired) electrons. The summed E-state index contributed by atoms with van der Waals surface area (Å²) in [6.07, 6.45) is 6.64. The van der Waals surface area contributed by atoms with Gasteiger partial charge < -0.3 is 9.73 Å². The van der Waals surface area contributed by atoms with Crippen molar-refractivity contribution in [3.63, 3.8) is 0 Å². The smallest absolute Gasteiger partial charge is 0.273 e. The van der Waals surface area contributed by atoms with E-state index in [1.165, 1.54) is 19.3 Å². The highest BCUT2D eigenvalue weighted by Crippen LogP contribution is 2.60. The van der Waals surface area contributed by atoms with E-state index in [0.29, 0.717) is 34.8 Å². The van der Waals surface area contributed by atoms with E-state index in [1.807, 2.05) is 13.8 Å². The summed E-state index contributed by atoms with van der Waals surface area (Å²) in [5.41, 5.74) is 5.00. The molecule has 164 valence electrons. The summed E-state index contributed by atoms with van der Waals surface area (Å²) in [4.78, 5) is 38.5. The van der Waals surface area contributed by atoms with E-state index < -0.39 is 17.9 Å². The molecule has 1 aromatic heterocycles.